The predicted octanol–water partition coefficient (Wildman–Crippen LogP) is 4.63. The zero-order chi connectivity index (χ0) is 25.2. The minimum Gasteiger partial charge on any atom is -0.406 e. The number of aromatic nitrogens is 2. The van der Waals surface area contributed by atoms with Crippen molar-refractivity contribution in [1.82, 2.24) is 9.97 Å². The number of hydrogen-bond acceptors (Lipinski definition) is 6. The molecule has 4 rings (SSSR count). The molecule has 2 aromatic rings. The lowest BCUT2D eigenvalue weighted by atomic mass is 9.90. The number of halogens is 3. The second kappa shape index (κ2) is 10.2. The van der Waals surface area contributed by atoms with E-state index in [2.05, 4.69) is 10.1 Å². The van der Waals surface area contributed by atoms with Gasteiger partial charge in [-0.2, -0.15) is 4.98 Å². The lowest BCUT2D eigenvalue weighted by Crippen LogP contribution is -2.46. The average Bonchev–Trinajstić information content (AvgIpc) is 2.80. The molecule has 0 bridgehead atoms. The van der Waals surface area contributed by atoms with E-state index in [1.54, 1.807) is 0 Å². The number of ether oxygens (including phenoxy) is 1. The molecule has 2 aliphatic rings. The van der Waals surface area contributed by atoms with E-state index in [4.69, 9.17) is 15.7 Å². The fourth-order valence-corrected chi connectivity index (χ4v) is 5.00. The summed E-state index contributed by atoms with van der Waals surface area (Å²) in [6.45, 7) is 0. The van der Waals surface area contributed by atoms with E-state index in [1.807, 2.05) is 19.0 Å². The summed E-state index contributed by atoms with van der Waals surface area (Å²) in [5, 5.41) is 3.48. The van der Waals surface area contributed by atoms with E-state index >= 15 is 0 Å². The maximum atomic E-state index is 12.4. The van der Waals surface area contributed by atoms with Crippen molar-refractivity contribution in [2.75, 3.05) is 29.2 Å². The first-order valence-electron chi connectivity index (χ1n) is 11.9. The molecule has 1 fully saturated rings. The van der Waals surface area contributed by atoms with Crippen molar-refractivity contribution >= 4 is 23.5 Å². The Bertz CT molecular complexity index is 1040. The van der Waals surface area contributed by atoms with Crippen LogP contribution in [-0.2, 0) is 12.8 Å². The predicted molar refractivity (Wildman–Crippen MR) is 128 cm³/mol. The van der Waals surface area contributed by atoms with Crippen LogP contribution in [0.4, 0.5) is 35.4 Å². The summed E-state index contributed by atoms with van der Waals surface area (Å²) in [5.74, 6) is 1.24. The number of hydrogen-bond donors (Lipinski definition) is 2. The second-order valence-corrected chi connectivity index (χ2v) is 9.30. The number of aryl methyl sites for hydroxylation is 1. The smallest absolute Gasteiger partial charge is 0.406 e. The zero-order valence-electron chi connectivity index (χ0n) is 19.9. The Balaban J connectivity index is 1.41. The first kappa shape index (κ1) is 24.9. The van der Waals surface area contributed by atoms with Gasteiger partial charge in [-0.1, -0.05) is 0 Å². The molecule has 35 heavy (non-hydrogen) atoms. The number of urea groups is 1. The number of nitrogens with zero attached hydrogens (tertiary/aromatic N) is 4. The maximum Gasteiger partial charge on any atom is 0.573 e. The molecule has 1 aromatic heterocycles. The number of carbonyl (C=O) groups excluding carboxylic acids is 1. The van der Waals surface area contributed by atoms with E-state index in [1.165, 1.54) is 34.7 Å². The highest BCUT2D eigenvalue weighted by molar-refractivity contribution is 5.91. The van der Waals surface area contributed by atoms with Crippen molar-refractivity contribution < 1.29 is 22.7 Å². The molecule has 1 heterocycles. The largest absolute Gasteiger partial charge is 0.573 e. The van der Waals surface area contributed by atoms with Crippen LogP contribution in [-0.4, -0.2) is 48.5 Å². The average molecular weight is 493 g/mol. The number of nitrogens with two attached hydrogens (primary N) is 1. The highest BCUT2D eigenvalue weighted by Gasteiger charge is 2.32. The van der Waals surface area contributed by atoms with Crippen molar-refractivity contribution in [3.63, 3.8) is 0 Å². The molecular weight excluding hydrogens is 461 g/mol. The van der Waals surface area contributed by atoms with Gasteiger partial charge in [-0.05, 0) is 75.6 Å². The van der Waals surface area contributed by atoms with Crippen LogP contribution in [0.3, 0.4) is 0 Å². The highest BCUT2D eigenvalue weighted by Crippen LogP contribution is 2.32. The number of benzene rings is 1. The third-order valence-electron chi connectivity index (χ3n) is 6.57. The number of anilines is 3. The van der Waals surface area contributed by atoms with Gasteiger partial charge in [0.05, 0.1) is 5.69 Å². The molecule has 1 aromatic carbocycles. The van der Waals surface area contributed by atoms with Crippen LogP contribution in [0.1, 0.15) is 49.8 Å². The molecule has 8 nitrogen and oxygen atoms in total. The van der Waals surface area contributed by atoms with Crippen LogP contribution >= 0.6 is 0 Å². The van der Waals surface area contributed by atoms with Gasteiger partial charge in [0.25, 0.3) is 0 Å². The van der Waals surface area contributed by atoms with Gasteiger partial charge in [0.2, 0.25) is 5.95 Å². The number of alkyl halides is 3. The summed E-state index contributed by atoms with van der Waals surface area (Å²) in [6.07, 6.45) is 2.41. The molecule has 11 heteroatoms. The van der Waals surface area contributed by atoms with Gasteiger partial charge in [0, 0.05) is 37.4 Å². The minimum absolute atomic E-state index is 0.151. The number of primary amides is 1. The minimum atomic E-state index is -4.77. The van der Waals surface area contributed by atoms with Gasteiger partial charge >= 0.3 is 12.4 Å². The quantitative estimate of drug-likeness (QED) is 0.611. The third kappa shape index (κ3) is 6.07. The maximum absolute atomic E-state index is 12.4. The summed E-state index contributed by atoms with van der Waals surface area (Å²) in [4.78, 5) is 25.3. The van der Waals surface area contributed by atoms with E-state index < -0.39 is 12.4 Å². The normalized spacial score (nSPS) is 20.0. The molecular formula is C24H31F3N6O2. The SMILES string of the molecule is CN(C)c1nc(N[C@H]2CC[C@@H](N(C(N)=O)c3ccc(OC(F)(F)F)cc3)CC2)nc2c1CCCC2. The van der Waals surface area contributed by atoms with Gasteiger partial charge in [0.15, 0.2) is 0 Å². The summed E-state index contributed by atoms with van der Waals surface area (Å²) < 4.78 is 41.2. The van der Waals surface area contributed by atoms with Crippen molar-refractivity contribution in [2.24, 2.45) is 5.73 Å². The van der Waals surface area contributed by atoms with Crippen LogP contribution in [0.5, 0.6) is 5.75 Å². The standard InChI is InChI=1S/C24H31F3N6O2/c1-32(2)21-19-5-3-4-6-20(19)30-23(31-21)29-15-7-9-16(10-8-15)33(22(28)34)17-11-13-18(14-12-17)35-24(25,26)27/h11-16H,3-10H2,1-2H3,(H2,28,34)(H,29,30,31)/t15-,16+. The van der Waals surface area contributed by atoms with Crippen molar-refractivity contribution in [1.29, 1.82) is 0 Å². The van der Waals surface area contributed by atoms with Crippen LogP contribution in [0.15, 0.2) is 24.3 Å². The molecule has 1 saturated carbocycles. The number of carbonyl (C=O) groups is 1. The Hall–Kier alpha value is -3.24. The Morgan fingerprint density at radius 1 is 1.06 bits per heavy atom. The van der Waals surface area contributed by atoms with Crippen LogP contribution in [0.2, 0.25) is 0 Å². The number of amides is 2. The van der Waals surface area contributed by atoms with Crippen LogP contribution in [0.25, 0.3) is 0 Å². The lowest BCUT2D eigenvalue weighted by molar-refractivity contribution is -0.274. The molecule has 3 N–H and O–H groups in total. The van der Waals surface area contributed by atoms with Gasteiger partial charge in [0.1, 0.15) is 11.6 Å². The molecule has 0 radical (unpaired) electrons. The summed E-state index contributed by atoms with van der Waals surface area (Å²) in [5.41, 5.74) is 8.43. The van der Waals surface area contributed by atoms with E-state index in [9.17, 15) is 18.0 Å². The third-order valence-corrected chi connectivity index (χ3v) is 6.57. The molecule has 0 unspecified atom stereocenters. The van der Waals surface area contributed by atoms with E-state index in [0.717, 1.165) is 50.0 Å². The fraction of sp³-hybridized carbons (Fsp3) is 0.542. The first-order valence-corrected chi connectivity index (χ1v) is 11.9. The van der Waals surface area contributed by atoms with Gasteiger partial charge in [-0.25, -0.2) is 9.78 Å². The van der Waals surface area contributed by atoms with Gasteiger partial charge < -0.3 is 20.7 Å². The van der Waals surface area contributed by atoms with Gasteiger partial charge in [-0.3, -0.25) is 4.90 Å². The Kier molecular flexibility index (Phi) is 7.23. The van der Waals surface area contributed by atoms with E-state index in [0.29, 0.717) is 24.5 Å². The summed E-state index contributed by atoms with van der Waals surface area (Å²) >= 11 is 0. The summed E-state index contributed by atoms with van der Waals surface area (Å²) in [6, 6.07) is 4.56. The Morgan fingerprint density at radius 3 is 2.31 bits per heavy atom. The van der Waals surface area contributed by atoms with Crippen molar-refractivity contribution in [3.8, 4) is 5.75 Å². The topological polar surface area (TPSA) is 96.6 Å². The number of rotatable bonds is 6. The number of fused-ring (bicyclic) bond motifs is 1. The molecule has 2 amide bonds. The van der Waals surface area contributed by atoms with Gasteiger partial charge in [-0.15, -0.1) is 13.2 Å². The molecule has 190 valence electrons. The zero-order valence-corrected chi connectivity index (χ0v) is 19.9. The molecule has 0 spiro atoms. The second-order valence-electron chi connectivity index (χ2n) is 9.30. The van der Waals surface area contributed by atoms with Crippen LogP contribution in [0, 0.1) is 0 Å². The van der Waals surface area contributed by atoms with E-state index in [-0.39, 0.29) is 17.8 Å². The summed E-state index contributed by atoms with van der Waals surface area (Å²) in [7, 11) is 3.98. The molecule has 0 atom stereocenters. The Morgan fingerprint density at radius 2 is 1.71 bits per heavy atom. The van der Waals surface area contributed by atoms with Crippen LogP contribution < -0.4 is 25.6 Å². The number of nitrogens with one attached hydrogen (secondary N) is 1. The van der Waals surface area contributed by atoms with Crippen molar-refractivity contribution in [3.05, 3.63) is 35.5 Å². The van der Waals surface area contributed by atoms with Crippen molar-refractivity contribution in [2.45, 2.75) is 69.8 Å². The fourth-order valence-electron chi connectivity index (χ4n) is 5.00. The highest BCUT2D eigenvalue weighted by atomic mass is 19.4. The molecule has 0 aliphatic heterocycles. The first-order chi connectivity index (χ1) is 16.6. The molecule has 0 saturated heterocycles. The Labute approximate surface area is 202 Å². The monoisotopic (exact) mass is 492 g/mol. The lowest BCUT2D eigenvalue weighted by Gasteiger charge is -2.36. The molecule has 2 aliphatic carbocycles.